The fraction of sp³-hybridized carbons (Fsp3) is 0.273. The number of alkyl carbamates (subject to hydrolysis) is 1. The van der Waals surface area contributed by atoms with Crippen LogP contribution in [0.1, 0.15) is 23.6 Å². The van der Waals surface area contributed by atoms with E-state index in [1.165, 1.54) is 6.92 Å². The number of primary amides is 1. The average molecular weight is 631 g/mol. The fourth-order valence-electron chi connectivity index (χ4n) is 4.23. The molecule has 6 amide bonds. The lowest BCUT2D eigenvalue weighted by atomic mass is 10.0. The van der Waals surface area contributed by atoms with Crippen LogP contribution >= 0.6 is 0 Å². The highest BCUT2D eigenvalue weighted by Crippen LogP contribution is 2.08. The van der Waals surface area contributed by atoms with Crippen LogP contribution in [0, 0.1) is 0 Å². The van der Waals surface area contributed by atoms with Crippen molar-refractivity contribution in [3.63, 3.8) is 0 Å². The van der Waals surface area contributed by atoms with Crippen molar-refractivity contribution in [3.05, 3.63) is 108 Å². The van der Waals surface area contributed by atoms with Gasteiger partial charge in [-0.05, 0) is 23.6 Å². The van der Waals surface area contributed by atoms with Crippen LogP contribution in [0.2, 0.25) is 0 Å². The summed E-state index contributed by atoms with van der Waals surface area (Å²) in [6.07, 6.45) is -0.646. The number of rotatable bonds is 16. The van der Waals surface area contributed by atoms with Gasteiger partial charge in [0.25, 0.3) is 0 Å². The SMILES string of the molecule is C[C@H](NC(=O)OCc1ccccc1)C(=O)N[C@@H](Cc1ccccc1)C(=O)N[C@@H](Cc1ccccc1)C(=O)NCC(=O)NCC(N)=O. The Kier molecular flexibility index (Phi) is 13.7. The second-order valence-electron chi connectivity index (χ2n) is 10.4. The second kappa shape index (κ2) is 18.2. The van der Waals surface area contributed by atoms with Crippen molar-refractivity contribution in [3.8, 4) is 0 Å². The highest BCUT2D eigenvalue weighted by molar-refractivity contribution is 5.95. The molecule has 13 nitrogen and oxygen atoms in total. The summed E-state index contributed by atoms with van der Waals surface area (Å²) in [6, 6.07) is 23.6. The Morgan fingerprint density at radius 3 is 1.61 bits per heavy atom. The molecule has 0 aliphatic heterocycles. The van der Waals surface area contributed by atoms with Gasteiger partial charge in [-0.25, -0.2) is 4.79 Å². The van der Waals surface area contributed by atoms with Crippen LogP contribution < -0.4 is 32.3 Å². The summed E-state index contributed by atoms with van der Waals surface area (Å²) in [5, 5.41) is 12.6. The van der Waals surface area contributed by atoms with Crippen molar-refractivity contribution < 1.29 is 33.5 Å². The Balaban J connectivity index is 1.70. The van der Waals surface area contributed by atoms with Gasteiger partial charge in [-0.1, -0.05) is 91.0 Å². The highest BCUT2D eigenvalue weighted by atomic mass is 16.5. The first-order valence-electron chi connectivity index (χ1n) is 14.6. The number of ether oxygens (including phenoxy) is 1. The second-order valence-corrected chi connectivity index (χ2v) is 10.4. The lowest BCUT2D eigenvalue weighted by Gasteiger charge is -2.24. The maximum Gasteiger partial charge on any atom is 0.408 e. The lowest BCUT2D eigenvalue weighted by Crippen LogP contribution is -2.57. The van der Waals surface area contributed by atoms with E-state index in [0.29, 0.717) is 0 Å². The maximum atomic E-state index is 13.7. The van der Waals surface area contributed by atoms with Gasteiger partial charge < -0.3 is 37.1 Å². The first kappa shape index (κ1) is 34.8. The van der Waals surface area contributed by atoms with E-state index >= 15 is 0 Å². The number of hydrogen-bond acceptors (Lipinski definition) is 7. The molecule has 0 radical (unpaired) electrons. The molecule has 0 bridgehead atoms. The zero-order chi connectivity index (χ0) is 33.3. The molecule has 0 saturated heterocycles. The first-order valence-corrected chi connectivity index (χ1v) is 14.6. The summed E-state index contributed by atoms with van der Waals surface area (Å²) < 4.78 is 5.19. The van der Waals surface area contributed by atoms with Crippen molar-refractivity contribution in [2.75, 3.05) is 13.1 Å². The Morgan fingerprint density at radius 1 is 0.609 bits per heavy atom. The molecule has 0 aliphatic rings. The molecule has 0 aromatic heterocycles. The topological polar surface area (TPSA) is 198 Å². The molecule has 3 rings (SSSR count). The number of nitrogens with one attached hydrogen (secondary N) is 5. The minimum atomic E-state index is -1.13. The van der Waals surface area contributed by atoms with Crippen molar-refractivity contribution >= 4 is 35.6 Å². The minimum Gasteiger partial charge on any atom is -0.445 e. The quantitative estimate of drug-likeness (QED) is 0.132. The summed E-state index contributed by atoms with van der Waals surface area (Å²) >= 11 is 0. The lowest BCUT2D eigenvalue weighted by molar-refractivity contribution is -0.133. The van der Waals surface area contributed by atoms with E-state index in [9.17, 15) is 28.8 Å². The highest BCUT2D eigenvalue weighted by Gasteiger charge is 2.29. The van der Waals surface area contributed by atoms with E-state index in [1.54, 1.807) is 66.7 Å². The zero-order valence-electron chi connectivity index (χ0n) is 25.4. The van der Waals surface area contributed by atoms with Crippen LogP contribution in [0.25, 0.3) is 0 Å². The Labute approximate surface area is 266 Å². The number of hydrogen-bond donors (Lipinski definition) is 6. The van der Waals surface area contributed by atoms with Crippen molar-refractivity contribution in [2.24, 2.45) is 5.73 Å². The molecule has 0 heterocycles. The van der Waals surface area contributed by atoms with Gasteiger partial charge in [0.2, 0.25) is 29.5 Å². The van der Waals surface area contributed by atoms with E-state index in [-0.39, 0.29) is 19.4 Å². The molecule has 0 saturated carbocycles. The largest absolute Gasteiger partial charge is 0.445 e. The zero-order valence-corrected chi connectivity index (χ0v) is 25.4. The van der Waals surface area contributed by atoms with Gasteiger partial charge in [0.15, 0.2) is 0 Å². The molecule has 46 heavy (non-hydrogen) atoms. The summed E-state index contributed by atoms with van der Waals surface area (Å²) in [4.78, 5) is 75.3. The average Bonchev–Trinajstić information content (AvgIpc) is 3.06. The molecule has 0 aliphatic carbocycles. The third-order valence-electron chi connectivity index (χ3n) is 6.65. The molecule has 3 aromatic rings. The Hall–Kier alpha value is -5.72. The van der Waals surface area contributed by atoms with Gasteiger partial charge >= 0.3 is 6.09 Å². The van der Waals surface area contributed by atoms with Gasteiger partial charge in [-0.2, -0.15) is 0 Å². The van der Waals surface area contributed by atoms with Crippen LogP contribution in [0.5, 0.6) is 0 Å². The van der Waals surface area contributed by atoms with E-state index in [1.807, 2.05) is 24.3 Å². The summed E-state index contributed by atoms with van der Waals surface area (Å²) in [5.41, 5.74) is 7.28. The molecule has 3 aromatic carbocycles. The van der Waals surface area contributed by atoms with Gasteiger partial charge in [-0.15, -0.1) is 0 Å². The van der Waals surface area contributed by atoms with Gasteiger partial charge in [0.1, 0.15) is 24.7 Å². The molecule has 0 unspecified atom stereocenters. The van der Waals surface area contributed by atoms with Gasteiger partial charge in [0.05, 0.1) is 13.1 Å². The monoisotopic (exact) mass is 630 g/mol. The minimum absolute atomic E-state index is 0.0116. The standard InChI is InChI=1S/C33H38N6O7/c1-22(37-33(45)46-21-25-15-9-4-10-16-25)30(42)38-27(18-24-13-7-3-8-14-24)32(44)39-26(17-23-11-5-2-6-12-23)31(43)36-20-29(41)35-19-28(34)40/h2-16,22,26-27H,17-21H2,1H3,(H2,34,40)(H,35,41)(H,36,43)(H,37,45)(H,38,42)(H,39,44)/t22-,26-,27-/m0/s1. The molecular weight excluding hydrogens is 592 g/mol. The smallest absolute Gasteiger partial charge is 0.408 e. The van der Waals surface area contributed by atoms with E-state index in [2.05, 4.69) is 26.6 Å². The molecule has 13 heteroatoms. The van der Waals surface area contributed by atoms with Crippen LogP contribution in [0.4, 0.5) is 4.79 Å². The number of benzene rings is 3. The third kappa shape index (κ3) is 12.5. The first-order chi connectivity index (χ1) is 22.1. The molecule has 3 atom stereocenters. The van der Waals surface area contributed by atoms with Crippen LogP contribution in [0.15, 0.2) is 91.0 Å². The molecule has 0 spiro atoms. The number of carbonyl (C=O) groups is 6. The predicted molar refractivity (Wildman–Crippen MR) is 169 cm³/mol. The number of nitrogens with two attached hydrogens (primary N) is 1. The van der Waals surface area contributed by atoms with Crippen molar-refractivity contribution in [1.29, 1.82) is 0 Å². The van der Waals surface area contributed by atoms with Crippen LogP contribution in [0.3, 0.4) is 0 Å². The Bertz CT molecular complexity index is 1470. The summed E-state index contributed by atoms with van der Waals surface area (Å²) in [7, 11) is 0. The number of amides is 6. The fourth-order valence-corrected chi connectivity index (χ4v) is 4.23. The molecule has 0 fully saturated rings. The maximum absolute atomic E-state index is 13.7. The van der Waals surface area contributed by atoms with Crippen molar-refractivity contribution in [1.82, 2.24) is 26.6 Å². The summed E-state index contributed by atoms with van der Waals surface area (Å²) in [6.45, 7) is 0.613. The van der Waals surface area contributed by atoms with E-state index < -0.39 is 66.8 Å². The van der Waals surface area contributed by atoms with Crippen LogP contribution in [-0.2, 0) is 48.2 Å². The predicted octanol–water partition coefficient (Wildman–Crippen LogP) is 0.474. The van der Waals surface area contributed by atoms with E-state index in [0.717, 1.165) is 16.7 Å². The van der Waals surface area contributed by atoms with Crippen LogP contribution in [-0.4, -0.2) is 66.8 Å². The third-order valence-corrected chi connectivity index (χ3v) is 6.65. The number of carbonyl (C=O) groups excluding carboxylic acids is 6. The van der Waals surface area contributed by atoms with Gasteiger partial charge in [0, 0.05) is 12.8 Å². The summed E-state index contributed by atoms with van der Waals surface area (Å²) in [5.74, 6) is -3.36. The molecule has 242 valence electrons. The molecular formula is C33H38N6O7. The van der Waals surface area contributed by atoms with Gasteiger partial charge in [-0.3, -0.25) is 24.0 Å². The van der Waals surface area contributed by atoms with Crippen molar-refractivity contribution in [2.45, 2.75) is 44.5 Å². The Morgan fingerprint density at radius 2 is 1.09 bits per heavy atom. The normalized spacial score (nSPS) is 12.4. The van der Waals surface area contributed by atoms with E-state index in [4.69, 9.17) is 10.5 Å². The molecule has 7 N–H and O–H groups in total.